The summed E-state index contributed by atoms with van der Waals surface area (Å²) in [6.45, 7) is 10.6. The Balaban J connectivity index is 1.80. The molecule has 1 aromatic heterocycles. The zero-order valence-electron chi connectivity index (χ0n) is 15.2. The van der Waals surface area contributed by atoms with Crippen LogP contribution in [0.4, 0.5) is 4.79 Å². The molecule has 0 aliphatic carbocycles. The topological polar surface area (TPSA) is 50.8 Å². The van der Waals surface area contributed by atoms with Gasteiger partial charge in [-0.05, 0) is 52.0 Å². The van der Waals surface area contributed by atoms with E-state index in [1.54, 1.807) is 11.3 Å². The molecule has 136 valence electrons. The molecule has 0 aromatic carbocycles. The van der Waals surface area contributed by atoms with Crippen LogP contribution in [0.2, 0.25) is 0 Å². The van der Waals surface area contributed by atoms with E-state index in [4.69, 9.17) is 9.47 Å². The van der Waals surface area contributed by atoms with E-state index < -0.39 is 5.60 Å². The summed E-state index contributed by atoms with van der Waals surface area (Å²) in [6, 6.07) is 4.64. The molecule has 5 nitrogen and oxygen atoms in total. The molecule has 1 aliphatic heterocycles. The molecule has 24 heavy (non-hydrogen) atoms. The third kappa shape index (κ3) is 6.42. The second-order valence-corrected chi connectivity index (χ2v) is 8.35. The molecule has 1 amide bonds. The maximum Gasteiger partial charge on any atom is 0.410 e. The highest BCUT2D eigenvalue weighted by atomic mass is 32.1. The first-order chi connectivity index (χ1) is 11.3. The molecular formula is C18H30N2O3S. The maximum atomic E-state index is 12.4. The Kier molecular flexibility index (Phi) is 7.07. The van der Waals surface area contributed by atoms with Gasteiger partial charge in [0.1, 0.15) is 5.60 Å². The van der Waals surface area contributed by atoms with Crippen LogP contribution < -0.4 is 5.32 Å². The number of amides is 1. The molecule has 2 atom stereocenters. The minimum atomic E-state index is -0.468. The van der Waals surface area contributed by atoms with Crippen molar-refractivity contribution in [2.24, 2.45) is 0 Å². The number of nitrogens with one attached hydrogen (secondary N) is 1. The zero-order valence-corrected chi connectivity index (χ0v) is 16.0. The van der Waals surface area contributed by atoms with Gasteiger partial charge in [-0.3, -0.25) is 0 Å². The fourth-order valence-corrected chi connectivity index (χ4v) is 3.51. The SMILES string of the molecule is C[C@H](C[C@H]1COCCN1C(=O)OC(C)(C)C)NCCc1cccs1. The molecule has 0 spiro atoms. The van der Waals surface area contributed by atoms with Crippen molar-refractivity contribution in [3.05, 3.63) is 22.4 Å². The molecule has 1 aliphatic rings. The first-order valence-electron chi connectivity index (χ1n) is 8.68. The lowest BCUT2D eigenvalue weighted by atomic mass is 10.1. The standard InChI is InChI=1S/C18H30N2O3S/c1-14(19-8-7-16-6-5-11-24-16)12-15-13-22-10-9-20(15)17(21)23-18(2,3)4/h5-6,11,14-15,19H,7-10,12-13H2,1-4H3/t14-,15+/m1/s1. The van der Waals surface area contributed by atoms with E-state index in [-0.39, 0.29) is 12.1 Å². The van der Waals surface area contributed by atoms with E-state index >= 15 is 0 Å². The maximum absolute atomic E-state index is 12.4. The average molecular weight is 355 g/mol. The summed E-state index contributed by atoms with van der Waals surface area (Å²) in [5.41, 5.74) is -0.468. The van der Waals surface area contributed by atoms with Gasteiger partial charge in [0, 0.05) is 24.0 Å². The number of morpholine rings is 1. The van der Waals surface area contributed by atoms with Crippen LogP contribution in [-0.2, 0) is 15.9 Å². The number of carbonyl (C=O) groups is 1. The van der Waals surface area contributed by atoms with E-state index in [0.717, 1.165) is 19.4 Å². The molecule has 1 N–H and O–H groups in total. The molecule has 1 saturated heterocycles. The van der Waals surface area contributed by atoms with E-state index in [2.05, 4.69) is 29.8 Å². The third-order valence-electron chi connectivity index (χ3n) is 3.93. The van der Waals surface area contributed by atoms with Crippen LogP contribution in [0.3, 0.4) is 0 Å². The van der Waals surface area contributed by atoms with Crippen LogP contribution in [0.15, 0.2) is 17.5 Å². The van der Waals surface area contributed by atoms with Gasteiger partial charge < -0.3 is 19.7 Å². The van der Waals surface area contributed by atoms with E-state index in [1.807, 2.05) is 25.7 Å². The number of rotatable bonds is 6. The largest absolute Gasteiger partial charge is 0.444 e. The molecule has 0 radical (unpaired) electrons. The molecule has 0 unspecified atom stereocenters. The molecule has 2 heterocycles. The Bertz CT molecular complexity index is 499. The zero-order chi connectivity index (χ0) is 17.6. The predicted molar refractivity (Wildman–Crippen MR) is 97.7 cm³/mol. The number of nitrogens with zero attached hydrogens (tertiary/aromatic N) is 1. The second kappa shape index (κ2) is 8.83. The Morgan fingerprint density at radius 2 is 2.33 bits per heavy atom. The molecule has 0 bridgehead atoms. The Morgan fingerprint density at radius 3 is 3.00 bits per heavy atom. The van der Waals surface area contributed by atoms with Crippen molar-refractivity contribution in [1.29, 1.82) is 0 Å². The molecule has 0 saturated carbocycles. The summed E-state index contributed by atoms with van der Waals surface area (Å²) >= 11 is 1.79. The van der Waals surface area contributed by atoms with Crippen molar-refractivity contribution in [2.75, 3.05) is 26.3 Å². The molecular weight excluding hydrogens is 324 g/mol. The van der Waals surface area contributed by atoms with Gasteiger partial charge >= 0.3 is 6.09 Å². The van der Waals surface area contributed by atoms with E-state index in [9.17, 15) is 4.79 Å². The van der Waals surface area contributed by atoms with Gasteiger partial charge in [-0.15, -0.1) is 11.3 Å². The van der Waals surface area contributed by atoms with Crippen LogP contribution >= 0.6 is 11.3 Å². The Morgan fingerprint density at radius 1 is 1.54 bits per heavy atom. The highest BCUT2D eigenvalue weighted by molar-refractivity contribution is 7.09. The van der Waals surface area contributed by atoms with Gasteiger partial charge in [0.05, 0.1) is 19.3 Å². The van der Waals surface area contributed by atoms with Crippen LogP contribution in [0.5, 0.6) is 0 Å². The fourth-order valence-electron chi connectivity index (χ4n) is 2.80. The van der Waals surface area contributed by atoms with Gasteiger partial charge in [0.15, 0.2) is 0 Å². The Labute approximate surface area is 149 Å². The predicted octanol–water partition coefficient (Wildman–Crippen LogP) is 3.29. The lowest BCUT2D eigenvalue weighted by molar-refractivity contribution is -0.0355. The normalized spacial score (nSPS) is 20.0. The molecule has 2 rings (SSSR count). The minimum Gasteiger partial charge on any atom is -0.444 e. The first kappa shape index (κ1) is 19.2. The van der Waals surface area contributed by atoms with Crippen LogP contribution in [0.25, 0.3) is 0 Å². The lowest BCUT2D eigenvalue weighted by Gasteiger charge is -2.37. The number of hydrogen-bond acceptors (Lipinski definition) is 5. The summed E-state index contributed by atoms with van der Waals surface area (Å²) in [4.78, 5) is 15.6. The Hall–Kier alpha value is -1.11. The van der Waals surface area contributed by atoms with Crippen LogP contribution in [0, 0.1) is 0 Å². The van der Waals surface area contributed by atoms with Crippen molar-refractivity contribution in [1.82, 2.24) is 10.2 Å². The molecule has 6 heteroatoms. The smallest absolute Gasteiger partial charge is 0.410 e. The van der Waals surface area contributed by atoms with E-state index in [1.165, 1.54) is 4.88 Å². The lowest BCUT2D eigenvalue weighted by Crippen LogP contribution is -2.52. The highest BCUT2D eigenvalue weighted by Crippen LogP contribution is 2.17. The number of thiophene rings is 1. The van der Waals surface area contributed by atoms with Crippen molar-refractivity contribution in [3.8, 4) is 0 Å². The minimum absolute atomic E-state index is 0.0674. The summed E-state index contributed by atoms with van der Waals surface area (Å²) < 4.78 is 11.1. The van der Waals surface area contributed by atoms with Gasteiger partial charge in [-0.2, -0.15) is 0 Å². The fraction of sp³-hybridized carbons (Fsp3) is 0.722. The number of ether oxygens (including phenoxy) is 2. The monoisotopic (exact) mass is 354 g/mol. The summed E-state index contributed by atoms with van der Waals surface area (Å²) in [6.07, 6.45) is 1.67. The van der Waals surface area contributed by atoms with Crippen LogP contribution in [0.1, 0.15) is 39.0 Å². The highest BCUT2D eigenvalue weighted by Gasteiger charge is 2.31. The van der Waals surface area contributed by atoms with Crippen LogP contribution in [-0.4, -0.2) is 55.0 Å². The van der Waals surface area contributed by atoms with Crippen molar-refractivity contribution in [2.45, 2.75) is 58.2 Å². The van der Waals surface area contributed by atoms with Gasteiger partial charge in [0.25, 0.3) is 0 Å². The summed E-state index contributed by atoms with van der Waals surface area (Å²) in [7, 11) is 0. The first-order valence-corrected chi connectivity index (χ1v) is 9.56. The van der Waals surface area contributed by atoms with Crippen molar-refractivity contribution >= 4 is 17.4 Å². The van der Waals surface area contributed by atoms with Gasteiger partial charge in [-0.1, -0.05) is 6.07 Å². The van der Waals surface area contributed by atoms with Gasteiger partial charge in [0.2, 0.25) is 0 Å². The summed E-state index contributed by atoms with van der Waals surface area (Å²) in [5, 5.41) is 5.66. The molecule has 1 aromatic rings. The molecule has 1 fully saturated rings. The second-order valence-electron chi connectivity index (χ2n) is 7.32. The van der Waals surface area contributed by atoms with Crippen molar-refractivity contribution in [3.63, 3.8) is 0 Å². The third-order valence-corrected chi connectivity index (χ3v) is 4.86. The number of hydrogen-bond donors (Lipinski definition) is 1. The quantitative estimate of drug-likeness (QED) is 0.852. The average Bonchev–Trinajstić information content (AvgIpc) is 2.99. The van der Waals surface area contributed by atoms with E-state index in [0.29, 0.717) is 25.8 Å². The number of carbonyl (C=O) groups excluding carboxylic acids is 1. The van der Waals surface area contributed by atoms with Crippen molar-refractivity contribution < 1.29 is 14.3 Å². The summed E-state index contributed by atoms with van der Waals surface area (Å²) in [5.74, 6) is 0. The van der Waals surface area contributed by atoms with Gasteiger partial charge in [-0.25, -0.2) is 4.79 Å².